The van der Waals surface area contributed by atoms with Gasteiger partial charge in [0.2, 0.25) is 0 Å². The van der Waals surface area contributed by atoms with Crippen molar-refractivity contribution in [3.05, 3.63) is 30.1 Å². The summed E-state index contributed by atoms with van der Waals surface area (Å²) in [5, 5.41) is 12.0. The van der Waals surface area contributed by atoms with Gasteiger partial charge in [-0.25, -0.2) is 9.18 Å². The minimum atomic E-state index is -0.295. The molecule has 6 heteroatoms. The van der Waals surface area contributed by atoms with E-state index >= 15 is 0 Å². The smallest absolute Gasteiger partial charge is 0.317 e. The van der Waals surface area contributed by atoms with Crippen LogP contribution in [0.2, 0.25) is 0 Å². The number of urea groups is 1. The van der Waals surface area contributed by atoms with Crippen molar-refractivity contribution >= 4 is 6.03 Å². The topological polar surface area (TPSA) is 61.8 Å². The lowest BCUT2D eigenvalue weighted by Gasteiger charge is -2.38. The highest BCUT2D eigenvalue weighted by Gasteiger charge is 2.32. The highest BCUT2D eigenvalue weighted by Crippen LogP contribution is 2.21. The van der Waals surface area contributed by atoms with Crippen LogP contribution in [0, 0.1) is 11.2 Å². The third-order valence-corrected chi connectivity index (χ3v) is 3.99. The summed E-state index contributed by atoms with van der Waals surface area (Å²) in [7, 11) is 0. The SMILES string of the molecule is CC(C)(CO)CCCNC(=O)N1CC(Oc2ccc(F)cc2)C1. The number of amides is 2. The molecule has 0 radical (unpaired) electrons. The zero-order valence-corrected chi connectivity index (χ0v) is 13.7. The first-order valence-electron chi connectivity index (χ1n) is 7.95. The quantitative estimate of drug-likeness (QED) is 0.757. The third-order valence-electron chi connectivity index (χ3n) is 3.99. The number of nitrogens with one attached hydrogen (secondary N) is 1. The van der Waals surface area contributed by atoms with E-state index in [4.69, 9.17) is 4.74 Å². The highest BCUT2D eigenvalue weighted by molar-refractivity contribution is 5.75. The molecule has 1 aliphatic heterocycles. The molecule has 1 aliphatic rings. The van der Waals surface area contributed by atoms with E-state index in [2.05, 4.69) is 5.32 Å². The van der Waals surface area contributed by atoms with Crippen molar-refractivity contribution in [1.29, 1.82) is 0 Å². The van der Waals surface area contributed by atoms with Crippen LogP contribution >= 0.6 is 0 Å². The molecule has 0 bridgehead atoms. The Bertz CT molecular complexity index is 513. The number of ether oxygens (including phenoxy) is 1. The summed E-state index contributed by atoms with van der Waals surface area (Å²) in [5.74, 6) is 0.319. The fraction of sp³-hybridized carbons (Fsp3) is 0.588. The van der Waals surface area contributed by atoms with E-state index in [0.717, 1.165) is 12.8 Å². The van der Waals surface area contributed by atoms with Gasteiger partial charge in [-0.2, -0.15) is 0 Å². The van der Waals surface area contributed by atoms with Crippen LogP contribution < -0.4 is 10.1 Å². The molecular weight excluding hydrogens is 299 g/mol. The van der Waals surface area contributed by atoms with Crippen LogP contribution in [0.15, 0.2) is 24.3 Å². The average molecular weight is 324 g/mol. The molecule has 128 valence electrons. The van der Waals surface area contributed by atoms with Crippen LogP contribution in [0.25, 0.3) is 0 Å². The maximum atomic E-state index is 12.8. The molecule has 0 aromatic heterocycles. The second-order valence-corrected chi connectivity index (χ2v) is 6.76. The van der Waals surface area contributed by atoms with E-state index in [0.29, 0.717) is 25.4 Å². The number of rotatable bonds is 7. The number of carbonyl (C=O) groups excluding carboxylic acids is 1. The van der Waals surface area contributed by atoms with Crippen LogP contribution in [0.3, 0.4) is 0 Å². The van der Waals surface area contributed by atoms with Gasteiger partial charge in [-0.15, -0.1) is 0 Å². The number of hydrogen-bond donors (Lipinski definition) is 2. The molecule has 0 spiro atoms. The van der Waals surface area contributed by atoms with Gasteiger partial charge in [-0.05, 0) is 42.5 Å². The predicted octanol–water partition coefficient (Wildman–Crippen LogP) is 2.40. The van der Waals surface area contributed by atoms with E-state index in [1.807, 2.05) is 13.8 Å². The molecule has 2 N–H and O–H groups in total. The van der Waals surface area contributed by atoms with Crippen molar-refractivity contribution in [2.45, 2.75) is 32.8 Å². The molecule has 0 aliphatic carbocycles. The first-order chi connectivity index (χ1) is 10.9. The van der Waals surface area contributed by atoms with Gasteiger partial charge in [-0.1, -0.05) is 13.8 Å². The Labute approximate surface area is 136 Å². The molecule has 0 atom stereocenters. The standard InChI is InChI=1S/C17H25FN2O3/c1-17(2,12-21)8-3-9-19-16(22)20-10-15(11-20)23-14-6-4-13(18)5-7-14/h4-7,15,21H,3,8-12H2,1-2H3,(H,19,22). The molecule has 1 aromatic rings. The van der Waals surface area contributed by atoms with E-state index in [1.54, 1.807) is 17.0 Å². The zero-order chi connectivity index (χ0) is 16.9. The summed E-state index contributed by atoms with van der Waals surface area (Å²) >= 11 is 0. The number of hydrogen-bond acceptors (Lipinski definition) is 3. The summed E-state index contributed by atoms with van der Waals surface area (Å²) in [6, 6.07) is 5.78. The highest BCUT2D eigenvalue weighted by atomic mass is 19.1. The third kappa shape index (κ3) is 5.39. The van der Waals surface area contributed by atoms with Crippen molar-refractivity contribution in [3.8, 4) is 5.75 Å². The largest absolute Gasteiger partial charge is 0.487 e. The summed E-state index contributed by atoms with van der Waals surface area (Å²) < 4.78 is 18.5. The number of carbonyl (C=O) groups is 1. The molecule has 1 heterocycles. The Hall–Kier alpha value is -1.82. The van der Waals surface area contributed by atoms with Gasteiger partial charge in [0.1, 0.15) is 17.7 Å². The van der Waals surface area contributed by atoms with Gasteiger partial charge in [0, 0.05) is 13.2 Å². The molecule has 0 unspecified atom stereocenters. The minimum Gasteiger partial charge on any atom is -0.487 e. The molecule has 1 saturated heterocycles. The van der Waals surface area contributed by atoms with Crippen LogP contribution in [-0.4, -0.2) is 48.4 Å². The number of halogens is 1. The summed E-state index contributed by atoms with van der Waals surface area (Å²) in [6.07, 6.45) is 1.66. The van der Waals surface area contributed by atoms with E-state index < -0.39 is 0 Å². The maximum Gasteiger partial charge on any atom is 0.317 e. The number of aliphatic hydroxyl groups excluding tert-OH is 1. The second kappa shape index (κ2) is 7.64. The maximum absolute atomic E-state index is 12.8. The van der Waals surface area contributed by atoms with Crippen molar-refractivity contribution in [3.63, 3.8) is 0 Å². The molecule has 2 amide bonds. The Morgan fingerprint density at radius 3 is 2.65 bits per heavy atom. The van der Waals surface area contributed by atoms with E-state index in [-0.39, 0.29) is 30.0 Å². The van der Waals surface area contributed by atoms with Gasteiger partial charge in [-0.3, -0.25) is 0 Å². The fourth-order valence-electron chi connectivity index (χ4n) is 2.34. The Morgan fingerprint density at radius 1 is 1.39 bits per heavy atom. The molecule has 1 aromatic carbocycles. The monoisotopic (exact) mass is 324 g/mol. The first-order valence-corrected chi connectivity index (χ1v) is 7.95. The number of aliphatic hydroxyl groups is 1. The number of benzene rings is 1. The molecular formula is C17H25FN2O3. The molecule has 1 fully saturated rings. The van der Waals surface area contributed by atoms with Gasteiger partial charge < -0.3 is 20.1 Å². The van der Waals surface area contributed by atoms with Crippen molar-refractivity contribution in [1.82, 2.24) is 10.2 Å². The average Bonchev–Trinajstić information content (AvgIpc) is 2.48. The van der Waals surface area contributed by atoms with Gasteiger partial charge in [0.25, 0.3) is 0 Å². The van der Waals surface area contributed by atoms with E-state index in [1.165, 1.54) is 12.1 Å². The van der Waals surface area contributed by atoms with Gasteiger partial charge in [0.05, 0.1) is 13.1 Å². The second-order valence-electron chi connectivity index (χ2n) is 6.76. The van der Waals surface area contributed by atoms with Crippen LogP contribution in [0.1, 0.15) is 26.7 Å². The van der Waals surface area contributed by atoms with Gasteiger partial charge >= 0.3 is 6.03 Å². The Morgan fingerprint density at radius 2 is 2.04 bits per heavy atom. The lowest BCUT2D eigenvalue weighted by atomic mass is 9.89. The molecule has 5 nitrogen and oxygen atoms in total. The predicted molar refractivity (Wildman–Crippen MR) is 85.9 cm³/mol. The molecule has 23 heavy (non-hydrogen) atoms. The lowest BCUT2D eigenvalue weighted by Crippen LogP contribution is -2.58. The Kier molecular flexibility index (Phi) is 5.82. The summed E-state index contributed by atoms with van der Waals surface area (Å²) in [5.41, 5.74) is -0.102. The molecule has 0 saturated carbocycles. The first kappa shape index (κ1) is 17.5. The van der Waals surface area contributed by atoms with Crippen LogP contribution in [-0.2, 0) is 0 Å². The van der Waals surface area contributed by atoms with Crippen LogP contribution in [0.5, 0.6) is 5.75 Å². The van der Waals surface area contributed by atoms with Crippen molar-refractivity contribution < 1.29 is 19.0 Å². The summed E-state index contributed by atoms with van der Waals surface area (Å²) in [6.45, 7) is 5.82. The number of likely N-dealkylation sites (tertiary alicyclic amines) is 1. The van der Waals surface area contributed by atoms with Crippen LogP contribution in [0.4, 0.5) is 9.18 Å². The zero-order valence-electron chi connectivity index (χ0n) is 13.7. The fourth-order valence-corrected chi connectivity index (χ4v) is 2.34. The molecule has 2 rings (SSSR count). The van der Waals surface area contributed by atoms with E-state index in [9.17, 15) is 14.3 Å². The Balaban J connectivity index is 1.61. The number of nitrogens with zero attached hydrogens (tertiary/aromatic N) is 1. The van der Waals surface area contributed by atoms with Gasteiger partial charge in [0.15, 0.2) is 0 Å². The van der Waals surface area contributed by atoms with Crippen molar-refractivity contribution in [2.75, 3.05) is 26.2 Å². The van der Waals surface area contributed by atoms with Crippen molar-refractivity contribution in [2.24, 2.45) is 5.41 Å². The summed E-state index contributed by atoms with van der Waals surface area (Å²) in [4.78, 5) is 13.6. The lowest BCUT2D eigenvalue weighted by molar-refractivity contribution is 0.0443. The normalized spacial score (nSPS) is 15.2. The minimum absolute atomic E-state index is 0.0421.